The summed E-state index contributed by atoms with van der Waals surface area (Å²) in [5.41, 5.74) is 11.3. The molecule has 0 N–H and O–H groups in total. The van der Waals surface area contributed by atoms with Gasteiger partial charge in [-0.15, -0.1) is 0 Å². The lowest BCUT2D eigenvalue weighted by atomic mass is 9.86. The summed E-state index contributed by atoms with van der Waals surface area (Å²) in [6.45, 7) is 0. The number of fused-ring (bicyclic) bond motifs is 9. The first kappa shape index (κ1) is 79.6. The number of aromatic nitrogens is 5. The van der Waals surface area contributed by atoms with Crippen LogP contribution in [0.5, 0.6) is 0 Å². The molecule has 0 bridgehead atoms. The summed E-state index contributed by atoms with van der Waals surface area (Å²) in [6, 6.07) is 161. The van der Waals surface area contributed by atoms with Crippen molar-refractivity contribution in [3.8, 4) is 67.7 Å². The SMILES string of the molecule is O=P(c1ccccc1)(c1ccccc1)c1c2ccccc2c(-c2nc(-c3ccccc3)nc(-c3ccccc3)n2)c2ccccc12.O=P(c1ccccc1)(c1ccccc1)c1ccc(-c2c3ccccc3c(-c3nccc4ccccc34)c3ccccc23)cc1.O=P(c1ccccc1)(c1ccccc1)c1ccc(-c2c3ccccc3nc3c2ccc2ccccc23)cc1. The van der Waals surface area contributed by atoms with E-state index in [4.69, 9.17) is 24.9 Å². The predicted octanol–water partition coefficient (Wildman–Crippen LogP) is 26.2. The molecule has 20 aromatic carbocycles. The van der Waals surface area contributed by atoms with Crippen molar-refractivity contribution in [2.24, 2.45) is 0 Å². The molecule has 3 heterocycles. The topological polar surface area (TPSA) is 116 Å². The first-order valence-electron chi connectivity index (χ1n) is 42.8. The average Bonchev–Trinajstić information content (AvgIpc) is 0.715. The van der Waals surface area contributed by atoms with Crippen LogP contribution in [0.3, 0.4) is 0 Å². The molecule has 0 aliphatic heterocycles. The van der Waals surface area contributed by atoms with Crippen LogP contribution in [-0.4, -0.2) is 24.9 Å². The van der Waals surface area contributed by atoms with Crippen molar-refractivity contribution < 1.29 is 13.7 Å². The zero-order valence-electron chi connectivity index (χ0n) is 69.5. The highest BCUT2D eigenvalue weighted by atomic mass is 31.2. The Morgan fingerprint density at radius 2 is 0.461 bits per heavy atom. The molecule has 0 saturated carbocycles. The molecule has 0 amide bonds. The van der Waals surface area contributed by atoms with Crippen molar-refractivity contribution >= 4 is 156 Å². The second kappa shape index (κ2) is 34.5. The molecule has 8 nitrogen and oxygen atoms in total. The molecule has 0 aliphatic rings. The summed E-state index contributed by atoms with van der Waals surface area (Å²) < 4.78 is 45.8. The van der Waals surface area contributed by atoms with Gasteiger partial charge in [0, 0.05) is 103 Å². The van der Waals surface area contributed by atoms with Gasteiger partial charge in [0.25, 0.3) is 0 Å². The third kappa shape index (κ3) is 14.5. The van der Waals surface area contributed by atoms with Crippen molar-refractivity contribution in [1.82, 2.24) is 24.9 Å². The van der Waals surface area contributed by atoms with Crippen LogP contribution >= 0.6 is 21.4 Å². The molecule has 128 heavy (non-hydrogen) atoms. The number of benzene rings is 20. The van der Waals surface area contributed by atoms with Gasteiger partial charge in [0.2, 0.25) is 0 Å². The second-order valence-electron chi connectivity index (χ2n) is 31.7. The third-order valence-corrected chi connectivity index (χ3v) is 33.6. The minimum atomic E-state index is -3.35. The maximum Gasteiger partial charge on any atom is 0.172 e. The Bertz CT molecular complexity index is 7950. The first-order chi connectivity index (χ1) is 63.2. The van der Waals surface area contributed by atoms with Crippen LogP contribution in [0.25, 0.3) is 154 Å². The van der Waals surface area contributed by atoms with Gasteiger partial charge in [0.15, 0.2) is 38.9 Å². The van der Waals surface area contributed by atoms with Crippen molar-refractivity contribution in [2.45, 2.75) is 0 Å². The quantitative estimate of drug-likeness (QED) is 0.0566. The minimum absolute atomic E-state index is 0.570. The lowest BCUT2D eigenvalue weighted by molar-refractivity contribution is 0.591. The molecule has 0 saturated heterocycles. The molecule has 23 rings (SSSR count). The van der Waals surface area contributed by atoms with Gasteiger partial charge < -0.3 is 13.7 Å². The van der Waals surface area contributed by atoms with Gasteiger partial charge in [-0.25, -0.2) is 19.9 Å². The Morgan fingerprint density at radius 3 is 0.867 bits per heavy atom. The zero-order chi connectivity index (χ0) is 86.0. The van der Waals surface area contributed by atoms with Crippen molar-refractivity contribution in [2.75, 3.05) is 0 Å². The van der Waals surface area contributed by atoms with Crippen molar-refractivity contribution in [1.29, 1.82) is 0 Å². The van der Waals surface area contributed by atoms with Crippen LogP contribution in [0.4, 0.5) is 0 Å². The van der Waals surface area contributed by atoms with E-state index >= 15 is 4.57 Å². The molecule has 0 unspecified atom stereocenters. The number of nitrogens with zero attached hydrogens (tertiary/aromatic N) is 5. The summed E-state index contributed by atoms with van der Waals surface area (Å²) >= 11 is 0. The summed E-state index contributed by atoms with van der Waals surface area (Å²) in [5.74, 6) is 1.77. The van der Waals surface area contributed by atoms with Gasteiger partial charge in [-0.3, -0.25) is 4.98 Å². The van der Waals surface area contributed by atoms with Gasteiger partial charge in [0.05, 0.1) is 16.7 Å². The van der Waals surface area contributed by atoms with Crippen LogP contribution < -0.4 is 47.7 Å². The Labute approximate surface area is 742 Å². The van der Waals surface area contributed by atoms with E-state index in [0.717, 1.165) is 168 Å². The van der Waals surface area contributed by atoms with E-state index in [0.29, 0.717) is 17.5 Å². The van der Waals surface area contributed by atoms with E-state index in [1.807, 2.05) is 291 Å². The normalized spacial score (nSPS) is 11.7. The number of hydrogen-bond acceptors (Lipinski definition) is 8. The molecule has 0 aliphatic carbocycles. The summed E-state index contributed by atoms with van der Waals surface area (Å²) in [5, 5.41) is 22.6. The molecule has 0 radical (unpaired) electrons. The Hall–Kier alpha value is -15.5. The Balaban J connectivity index is 0.000000117. The van der Waals surface area contributed by atoms with E-state index in [9.17, 15) is 9.13 Å². The van der Waals surface area contributed by atoms with E-state index in [1.54, 1.807) is 0 Å². The number of hydrogen-bond donors (Lipinski definition) is 0. The molecule has 0 atom stereocenters. The number of rotatable bonds is 15. The summed E-state index contributed by atoms with van der Waals surface area (Å²) in [6.07, 6.45) is 1.91. The molecule has 11 heteroatoms. The lowest BCUT2D eigenvalue weighted by Gasteiger charge is -2.25. The molecule has 606 valence electrons. The number of para-hydroxylation sites is 1. The fraction of sp³-hybridized carbons (Fsp3) is 0. The monoisotopic (exact) mass is 1700 g/mol. The highest BCUT2D eigenvalue weighted by Crippen LogP contribution is 2.52. The summed E-state index contributed by atoms with van der Waals surface area (Å²) in [4.78, 5) is 25.2. The van der Waals surface area contributed by atoms with Gasteiger partial charge in [0.1, 0.15) is 0 Å². The number of pyridine rings is 2. The zero-order valence-corrected chi connectivity index (χ0v) is 72.2. The summed E-state index contributed by atoms with van der Waals surface area (Å²) in [7, 11) is -9.44. The Kier molecular flexibility index (Phi) is 21.5. The maximum absolute atomic E-state index is 15.9. The van der Waals surface area contributed by atoms with Crippen LogP contribution in [-0.2, 0) is 13.7 Å². The molecular formula is C117H80N5O3P3. The van der Waals surface area contributed by atoms with Crippen molar-refractivity contribution in [3.63, 3.8) is 0 Å². The molecule has 3 aromatic heterocycles. The van der Waals surface area contributed by atoms with Crippen molar-refractivity contribution in [3.05, 3.63) is 485 Å². The Morgan fingerprint density at radius 1 is 0.172 bits per heavy atom. The van der Waals surface area contributed by atoms with E-state index < -0.39 is 21.4 Å². The molecular weight excluding hydrogens is 1620 g/mol. The molecule has 23 aromatic rings. The highest BCUT2D eigenvalue weighted by Gasteiger charge is 2.36. The molecule has 0 fully saturated rings. The fourth-order valence-electron chi connectivity index (χ4n) is 18.4. The van der Waals surface area contributed by atoms with Gasteiger partial charge >= 0.3 is 0 Å². The van der Waals surface area contributed by atoms with E-state index in [2.05, 4.69) is 194 Å². The first-order valence-corrected chi connectivity index (χ1v) is 48.0. The highest BCUT2D eigenvalue weighted by molar-refractivity contribution is 7.86. The lowest BCUT2D eigenvalue weighted by Crippen LogP contribution is -2.26. The van der Waals surface area contributed by atoms with Gasteiger partial charge in [-0.05, 0) is 82.7 Å². The van der Waals surface area contributed by atoms with Crippen LogP contribution in [0, 0.1) is 0 Å². The van der Waals surface area contributed by atoms with Gasteiger partial charge in [-0.1, -0.05) is 467 Å². The maximum atomic E-state index is 15.9. The average molecular weight is 1700 g/mol. The minimum Gasteiger partial charge on any atom is -0.309 e. The van der Waals surface area contributed by atoms with Crippen LogP contribution in [0.1, 0.15) is 0 Å². The van der Waals surface area contributed by atoms with Crippen LogP contribution in [0.2, 0.25) is 0 Å². The second-order valence-corrected chi connectivity index (χ2v) is 39.9. The molecule has 0 spiro atoms. The van der Waals surface area contributed by atoms with Crippen LogP contribution in [0.15, 0.2) is 485 Å². The van der Waals surface area contributed by atoms with Gasteiger partial charge in [-0.2, -0.15) is 0 Å². The van der Waals surface area contributed by atoms with E-state index in [1.165, 1.54) is 16.3 Å². The van der Waals surface area contributed by atoms with E-state index in [-0.39, 0.29) is 0 Å². The fourth-order valence-corrected chi connectivity index (χ4v) is 26.7. The third-order valence-electron chi connectivity index (χ3n) is 24.3. The smallest absolute Gasteiger partial charge is 0.172 e. The standard InChI is InChI=1S/C41H28N3OP.C41H28NOP.C35H24NOP/c45-46(31-21-9-3-10-22-31,32-23-11-4-12-24-32)38-35-27-15-13-25-33(35)37(34-26-14-16-28-36(34)38)41-43-39(29-17-5-1-6-18-29)42-40(44-41)30-19-7-2-8-20-30;43-44(31-14-3-1-4-15-31,32-16-5-2-6-17-32)33-25-23-30(24-26-33)39-35-19-9-11-21-37(35)40(38-22-12-10-20-36(38)39)41-34-18-8-7-13-29(34)27-28-42-41;37-38(27-12-3-1-4-13-27,28-14-5-2-6-15-28)29-22-19-26(20-23-29)34-31-17-9-10-18-33(31)36-35-30-16-8-7-11-25(30)21-24-32(34)35/h1-28H;1-28H;1-24H. The predicted molar refractivity (Wildman–Crippen MR) is 539 cm³/mol. The largest absolute Gasteiger partial charge is 0.309 e.